The van der Waals surface area contributed by atoms with Crippen LogP contribution in [0.4, 0.5) is 4.39 Å². The van der Waals surface area contributed by atoms with Crippen molar-refractivity contribution in [3.05, 3.63) is 82.9 Å². The molecule has 5 nitrogen and oxygen atoms in total. The fourth-order valence-electron chi connectivity index (χ4n) is 3.72. The minimum Gasteiger partial charge on any atom is -0.463 e. The Hall–Kier alpha value is -3.54. The Labute approximate surface area is 180 Å². The molecule has 0 fully saturated rings. The van der Waals surface area contributed by atoms with Crippen LogP contribution in [0.25, 0.3) is 6.08 Å². The van der Waals surface area contributed by atoms with Crippen molar-refractivity contribution in [1.29, 1.82) is 0 Å². The second-order valence-electron chi connectivity index (χ2n) is 7.20. The Kier molecular flexibility index (Phi) is 6.80. The number of carbonyl (C=O) groups excluding carboxylic acids is 3. The van der Waals surface area contributed by atoms with Crippen LogP contribution >= 0.6 is 0 Å². The molecule has 2 aromatic carbocycles. The van der Waals surface area contributed by atoms with Crippen LogP contribution in [0.15, 0.2) is 65.9 Å². The Morgan fingerprint density at radius 3 is 2.29 bits per heavy atom. The highest BCUT2D eigenvalue weighted by molar-refractivity contribution is 6.04. The number of Topliss-reactive ketones (excluding diaryl/α,β-unsaturated/α-hetero) is 2. The predicted octanol–water partition coefficient (Wildman–Crippen LogP) is 4.63. The molecule has 0 aliphatic carbocycles. The summed E-state index contributed by atoms with van der Waals surface area (Å²) in [5, 5.41) is 0. The van der Waals surface area contributed by atoms with Gasteiger partial charge in [0.1, 0.15) is 28.9 Å². The summed E-state index contributed by atoms with van der Waals surface area (Å²) in [6.07, 6.45) is 3.23. The van der Waals surface area contributed by atoms with Crippen LogP contribution in [0.3, 0.4) is 0 Å². The van der Waals surface area contributed by atoms with Crippen LogP contribution in [0.2, 0.25) is 0 Å². The smallest absolute Gasteiger partial charge is 0.338 e. The molecule has 0 saturated heterocycles. The van der Waals surface area contributed by atoms with E-state index in [0.29, 0.717) is 16.9 Å². The zero-order valence-electron chi connectivity index (χ0n) is 17.6. The maximum absolute atomic E-state index is 13.2. The van der Waals surface area contributed by atoms with E-state index in [1.165, 1.54) is 26.0 Å². The zero-order valence-corrected chi connectivity index (χ0v) is 17.6. The van der Waals surface area contributed by atoms with Gasteiger partial charge in [0.15, 0.2) is 0 Å². The lowest BCUT2D eigenvalue weighted by Crippen LogP contribution is -2.34. The van der Waals surface area contributed by atoms with Crippen LogP contribution in [-0.4, -0.2) is 24.1 Å². The molecule has 0 spiro atoms. The molecule has 0 N–H and O–H groups in total. The minimum atomic E-state index is -1.06. The minimum absolute atomic E-state index is 0.106. The Balaban J connectivity index is 2.20. The lowest BCUT2D eigenvalue weighted by molar-refractivity contribution is -0.139. The first-order valence-electron chi connectivity index (χ1n) is 9.96. The maximum atomic E-state index is 13.2. The summed E-state index contributed by atoms with van der Waals surface area (Å²) in [6, 6.07) is 12.8. The van der Waals surface area contributed by atoms with Gasteiger partial charge in [0, 0.05) is 11.5 Å². The second kappa shape index (κ2) is 9.51. The van der Waals surface area contributed by atoms with Gasteiger partial charge in [0.05, 0.1) is 18.1 Å². The van der Waals surface area contributed by atoms with E-state index in [4.69, 9.17) is 9.47 Å². The highest BCUT2D eigenvalue weighted by atomic mass is 19.1. The highest BCUT2D eigenvalue weighted by Gasteiger charge is 2.42. The van der Waals surface area contributed by atoms with E-state index >= 15 is 0 Å². The summed E-state index contributed by atoms with van der Waals surface area (Å²) in [5.74, 6) is -2.99. The SMILES string of the molecule is CCOC(=O)C1=C(/C=C/c2ccc(F)cc2)Oc2ccccc2C1C(C(C)=O)C(C)=O. The summed E-state index contributed by atoms with van der Waals surface area (Å²) in [4.78, 5) is 37.9. The van der Waals surface area contributed by atoms with E-state index in [9.17, 15) is 18.8 Å². The van der Waals surface area contributed by atoms with Gasteiger partial charge in [-0.15, -0.1) is 0 Å². The number of benzene rings is 2. The lowest BCUT2D eigenvalue weighted by Gasteiger charge is -2.32. The Bertz CT molecular complexity index is 1050. The third kappa shape index (κ3) is 4.79. The Morgan fingerprint density at radius 2 is 1.68 bits per heavy atom. The van der Waals surface area contributed by atoms with Crippen molar-refractivity contribution in [2.75, 3.05) is 6.61 Å². The standard InChI is InChI=1S/C25H23FO5/c1-4-30-25(29)24-21(14-11-17-9-12-18(26)13-10-17)31-20-8-6-5-7-19(20)23(24)22(15(2)27)16(3)28/h5-14,22-23H,4H2,1-3H3/b14-11+. The maximum Gasteiger partial charge on any atom is 0.338 e. The molecular weight excluding hydrogens is 399 g/mol. The molecule has 6 heteroatoms. The number of carbonyl (C=O) groups is 3. The third-order valence-corrected chi connectivity index (χ3v) is 5.05. The first-order valence-corrected chi connectivity index (χ1v) is 9.96. The molecule has 1 aliphatic rings. The largest absolute Gasteiger partial charge is 0.463 e. The van der Waals surface area contributed by atoms with E-state index < -0.39 is 17.8 Å². The van der Waals surface area contributed by atoms with Crippen molar-refractivity contribution in [1.82, 2.24) is 0 Å². The van der Waals surface area contributed by atoms with Crippen LogP contribution in [0, 0.1) is 11.7 Å². The molecule has 0 amide bonds. The second-order valence-corrected chi connectivity index (χ2v) is 7.20. The van der Waals surface area contributed by atoms with Crippen molar-refractivity contribution >= 4 is 23.6 Å². The van der Waals surface area contributed by atoms with E-state index in [0.717, 1.165) is 0 Å². The molecule has 1 heterocycles. The molecule has 0 radical (unpaired) electrons. The fourth-order valence-corrected chi connectivity index (χ4v) is 3.72. The lowest BCUT2D eigenvalue weighted by atomic mass is 9.74. The number of esters is 1. The summed E-state index contributed by atoms with van der Waals surface area (Å²) < 4.78 is 24.5. The number of rotatable bonds is 7. The van der Waals surface area contributed by atoms with Gasteiger partial charge < -0.3 is 9.47 Å². The molecule has 1 aliphatic heterocycles. The van der Waals surface area contributed by atoms with Gasteiger partial charge in [0.2, 0.25) is 0 Å². The predicted molar refractivity (Wildman–Crippen MR) is 114 cm³/mol. The molecule has 2 aromatic rings. The van der Waals surface area contributed by atoms with Crippen molar-refractivity contribution in [2.45, 2.75) is 26.7 Å². The quantitative estimate of drug-likeness (QED) is 0.481. The van der Waals surface area contributed by atoms with Gasteiger partial charge >= 0.3 is 5.97 Å². The highest BCUT2D eigenvalue weighted by Crippen LogP contribution is 2.45. The van der Waals surface area contributed by atoms with E-state index in [1.807, 2.05) is 0 Å². The number of allylic oxidation sites excluding steroid dienone is 1. The molecule has 1 atom stereocenters. The number of para-hydroxylation sites is 1. The van der Waals surface area contributed by atoms with Crippen LogP contribution in [0.5, 0.6) is 5.75 Å². The molecular formula is C25H23FO5. The molecule has 31 heavy (non-hydrogen) atoms. The molecule has 0 bridgehead atoms. The Morgan fingerprint density at radius 1 is 1.03 bits per heavy atom. The van der Waals surface area contributed by atoms with Gasteiger partial charge in [-0.05, 0) is 50.6 Å². The molecule has 0 saturated carbocycles. The number of hydrogen-bond donors (Lipinski definition) is 0. The van der Waals surface area contributed by atoms with Crippen molar-refractivity contribution in [3.63, 3.8) is 0 Å². The van der Waals surface area contributed by atoms with Crippen LogP contribution in [-0.2, 0) is 19.1 Å². The fraction of sp³-hybridized carbons (Fsp3) is 0.240. The van der Waals surface area contributed by atoms with Gasteiger partial charge in [-0.2, -0.15) is 0 Å². The van der Waals surface area contributed by atoms with E-state index in [1.54, 1.807) is 55.5 Å². The zero-order chi connectivity index (χ0) is 22.5. The average Bonchev–Trinajstić information content (AvgIpc) is 2.73. The summed E-state index contributed by atoms with van der Waals surface area (Å²) in [6.45, 7) is 4.46. The van der Waals surface area contributed by atoms with Crippen LogP contribution in [0.1, 0.15) is 37.8 Å². The number of halogens is 1. The number of ether oxygens (including phenoxy) is 2. The molecule has 160 valence electrons. The van der Waals surface area contributed by atoms with Crippen molar-refractivity contribution in [3.8, 4) is 5.75 Å². The number of hydrogen-bond acceptors (Lipinski definition) is 5. The number of fused-ring (bicyclic) bond motifs is 1. The molecule has 0 aromatic heterocycles. The first-order chi connectivity index (χ1) is 14.8. The van der Waals surface area contributed by atoms with Gasteiger partial charge in [0.25, 0.3) is 0 Å². The first kappa shape index (κ1) is 22.2. The summed E-state index contributed by atoms with van der Waals surface area (Å²) >= 11 is 0. The molecule has 3 rings (SSSR count). The van der Waals surface area contributed by atoms with Gasteiger partial charge in [-0.3, -0.25) is 9.59 Å². The monoisotopic (exact) mass is 422 g/mol. The van der Waals surface area contributed by atoms with Crippen molar-refractivity contribution < 1.29 is 28.2 Å². The average molecular weight is 422 g/mol. The topological polar surface area (TPSA) is 69.7 Å². The van der Waals surface area contributed by atoms with E-state index in [2.05, 4.69) is 0 Å². The van der Waals surface area contributed by atoms with E-state index in [-0.39, 0.29) is 35.3 Å². The summed E-state index contributed by atoms with van der Waals surface area (Å²) in [7, 11) is 0. The van der Waals surface area contributed by atoms with Crippen LogP contribution < -0.4 is 4.74 Å². The molecule has 1 unspecified atom stereocenters. The van der Waals surface area contributed by atoms with Crippen molar-refractivity contribution in [2.24, 2.45) is 5.92 Å². The third-order valence-electron chi connectivity index (χ3n) is 5.05. The van der Waals surface area contributed by atoms with Gasteiger partial charge in [-0.1, -0.05) is 36.4 Å². The van der Waals surface area contributed by atoms with Gasteiger partial charge in [-0.25, -0.2) is 9.18 Å². The normalized spacial score (nSPS) is 15.6. The summed E-state index contributed by atoms with van der Waals surface area (Å²) in [5.41, 5.74) is 1.36. The number of ketones is 2.